The van der Waals surface area contributed by atoms with Crippen molar-refractivity contribution in [1.82, 2.24) is 19.6 Å². The summed E-state index contributed by atoms with van der Waals surface area (Å²) in [5.74, 6) is 0.727. The Hall–Kier alpha value is -1.69. The van der Waals surface area contributed by atoms with Gasteiger partial charge in [-0.2, -0.15) is 5.10 Å². The highest BCUT2D eigenvalue weighted by Gasteiger charge is 2.26. The number of hydrogen-bond acceptors (Lipinski definition) is 4. The van der Waals surface area contributed by atoms with E-state index in [0.717, 1.165) is 50.7 Å². The van der Waals surface area contributed by atoms with Crippen LogP contribution in [-0.2, 0) is 6.54 Å². The molecule has 5 nitrogen and oxygen atoms in total. The molecule has 1 atom stereocenters. The summed E-state index contributed by atoms with van der Waals surface area (Å²) >= 11 is 0. The fourth-order valence-corrected chi connectivity index (χ4v) is 3.78. The summed E-state index contributed by atoms with van der Waals surface area (Å²) in [5, 5.41) is 14.0. The molecule has 1 aliphatic heterocycles. The van der Waals surface area contributed by atoms with Gasteiger partial charge in [0.2, 0.25) is 0 Å². The fraction of sp³-hybridized carbons (Fsp3) is 0.591. The van der Waals surface area contributed by atoms with E-state index in [1.165, 1.54) is 17.5 Å². The van der Waals surface area contributed by atoms with E-state index in [1.807, 2.05) is 10.9 Å². The molecule has 5 heteroatoms. The zero-order valence-corrected chi connectivity index (χ0v) is 17.0. The van der Waals surface area contributed by atoms with Gasteiger partial charge in [-0.3, -0.25) is 9.80 Å². The summed E-state index contributed by atoms with van der Waals surface area (Å²) in [7, 11) is 0. The summed E-state index contributed by atoms with van der Waals surface area (Å²) < 4.78 is 1.96. The molecule has 1 aromatic carbocycles. The molecule has 2 heterocycles. The van der Waals surface area contributed by atoms with Crippen LogP contribution in [-0.4, -0.2) is 63.5 Å². The van der Waals surface area contributed by atoms with Crippen molar-refractivity contribution in [2.24, 2.45) is 5.92 Å². The number of aromatic nitrogens is 2. The molecule has 0 bridgehead atoms. The first-order valence-electron chi connectivity index (χ1n) is 10.2. The molecule has 2 aromatic rings. The topological polar surface area (TPSA) is 44.5 Å². The lowest BCUT2D eigenvalue weighted by Gasteiger charge is -2.41. The van der Waals surface area contributed by atoms with Crippen molar-refractivity contribution in [1.29, 1.82) is 0 Å². The van der Waals surface area contributed by atoms with Gasteiger partial charge in [-0.25, -0.2) is 4.68 Å². The highest BCUT2D eigenvalue weighted by Crippen LogP contribution is 2.18. The van der Waals surface area contributed by atoms with Crippen LogP contribution >= 0.6 is 0 Å². The zero-order chi connectivity index (χ0) is 19.2. The molecular formula is C22H34N4O. The second-order valence-electron chi connectivity index (χ2n) is 8.25. The third-order valence-electron chi connectivity index (χ3n) is 5.49. The van der Waals surface area contributed by atoms with Gasteiger partial charge in [0.05, 0.1) is 11.9 Å². The maximum atomic E-state index is 9.48. The highest BCUT2D eigenvalue weighted by atomic mass is 16.3. The van der Waals surface area contributed by atoms with Gasteiger partial charge in [-0.15, -0.1) is 0 Å². The smallest absolute Gasteiger partial charge is 0.0645 e. The molecule has 148 valence electrons. The third-order valence-corrected chi connectivity index (χ3v) is 5.49. The second-order valence-corrected chi connectivity index (χ2v) is 8.25. The van der Waals surface area contributed by atoms with Gasteiger partial charge in [0.1, 0.15) is 0 Å². The summed E-state index contributed by atoms with van der Waals surface area (Å²) in [6.45, 7) is 12.2. The quantitative estimate of drug-likeness (QED) is 0.776. The molecule has 0 radical (unpaired) electrons. The number of hydrogen-bond donors (Lipinski definition) is 1. The molecule has 27 heavy (non-hydrogen) atoms. The number of rotatable bonds is 8. The normalized spacial score (nSPS) is 19.1. The van der Waals surface area contributed by atoms with Gasteiger partial charge < -0.3 is 5.11 Å². The van der Waals surface area contributed by atoms with Crippen molar-refractivity contribution in [3.05, 3.63) is 47.8 Å². The minimum absolute atomic E-state index is 0.266. The molecule has 1 fully saturated rings. The van der Waals surface area contributed by atoms with E-state index in [9.17, 15) is 5.11 Å². The molecule has 0 spiro atoms. The largest absolute Gasteiger partial charge is 0.396 e. The minimum Gasteiger partial charge on any atom is -0.396 e. The summed E-state index contributed by atoms with van der Waals surface area (Å²) in [5.41, 5.74) is 3.61. The Morgan fingerprint density at radius 2 is 1.96 bits per heavy atom. The van der Waals surface area contributed by atoms with Gasteiger partial charge in [-0.1, -0.05) is 31.5 Å². The highest BCUT2D eigenvalue weighted by molar-refractivity contribution is 5.33. The molecule has 1 aromatic heterocycles. The van der Waals surface area contributed by atoms with E-state index in [1.54, 1.807) is 0 Å². The van der Waals surface area contributed by atoms with Crippen LogP contribution in [0.5, 0.6) is 0 Å². The number of aliphatic hydroxyl groups is 1. The van der Waals surface area contributed by atoms with Crippen LogP contribution in [0.15, 0.2) is 36.7 Å². The van der Waals surface area contributed by atoms with Crippen LogP contribution in [0.2, 0.25) is 0 Å². The molecule has 0 saturated carbocycles. The Labute approximate surface area is 163 Å². The number of nitrogens with zero attached hydrogens (tertiary/aromatic N) is 4. The predicted molar refractivity (Wildman–Crippen MR) is 110 cm³/mol. The van der Waals surface area contributed by atoms with Crippen LogP contribution in [0, 0.1) is 12.8 Å². The number of benzene rings is 1. The average Bonchev–Trinajstić information content (AvgIpc) is 3.10. The standard InChI is InChI=1S/C22H34N4O/c1-18(2)8-10-25-12-11-24(17-22(25)9-13-27)15-20-14-23-26(16-20)21-6-4-19(3)5-7-21/h4-7,14,16,18,22,27H,8-13,15,17H2,1-3H3/t22-/m1/s1. The van der Waals surface area contributed by atoms with Crippen molar-refractivity contribution in [3.8, 4) is 5.69 Å². The van der Waals surface area contributed by atoms with Crippen LogP contribution in [0.25, 0.3) is 5.69 Å². The summed E-state index contributed by atoms with van der Waals surface area (Å²) in [6, 6.07) is 8.90. The number of piperazine rings is 1. The minimum atomic E-state index is 0.266. The van der Waals surface area contributed by atoms with Crippen molar-refractivity contribution < 1.29 is 5.11 Å². The van der Waals surface area contributed by atoms with E-state index in [-0.39, 0.29) is 6.61 Å². The molecule has 0 unspecified atom stereocenters. The monoisotopic (exact) mass is 370 g/mol. The lowest BCUT2D eigenvalue weighted by Crippen LogP contribution is -2.53. The van der Waals surface area contributed by atoms with E-state index < -0.39 is 0 Å². The Bertz CT molecular complexity index is 695. The van der Waals surface area contributed by atoms with E-state index in [4.69, 9.17) is 0 Å². The maximum absolute atomic E-state index is 9.48. The van der Waals surface area contributed by atoms with Crippen LogP contribution < -0.4 is 0 Å². The first-order valence-corrected chi connectivity index (χ1v) is 10.2. The van der Waals surface area contributed by atoms with E-state index in [2.05, 4.69) is 66.1 Å². The first kappa shape index (κ1) is 20.1. The Morgan fingerprint density at radius 3 is 2.67 bits per heavy atom. The predicted octanol–water partition coefficient (Wildman–Crippen LogP) is 3.10. The molecule has 1 N–H and O–H groups in total. The molecular weight excluding hydrogens is 336 g/mol. The first-order chi connectivity index (χ1) is 13.0. The summed E-state index contributed by atoms with van der Waals surface area (Å²) in [6.07, 6.45) is 6.20. The van der Waals surface area contributed by atoms with Crippen LogP contribution in [0.4, 0.5) is 0 Å². The maximum Gasteiger partial charge on any atom is 0.0645 e. The van der Waals surface area contributed by atoms with Crippen LogP contribution in [0.1, 0.15) is 37.8 Å². The van der Waals surface area contributed by atoms with Crippen molar-refractivity contribution >= 4 is 0 Å². The molecule has 3 rings (SSSR count). The van der Waals surface area contributed by atoms with Gasteiger partial charge in [0, 0.05) is 50.6 Å². The Morgan fingerprint density at radius 1 is 1.19 bits per heavy atom. The van der Waals surface area contributed by atoms with Gasteiger partial charge >= 0.3 is 0 Å². The fourth-order valence-electron chi connectivity index (χ4n) is 3.78. The van der Waals surface area contributed by atoms with Crippen molar-refractivity contribution in [3.63, 3.8) is 0 Å². The van der Waals surface area contributed by atoms with Crippen LogP contribution in [0.3, 0.4) is 0 Å². The second kappa shape index (κ2) is 9.49. The van der Waals surface area contributed by atoms with Crippen molar-refractivity contribution in [2.75, 3.05) is 32.8 Å². The number of aryl methyl sites for hydroxylation is 1. The molecule has 1 saturated heterocycles. The van der Waals surface area contributed by atoms with Gasteiger partial charge in [0.15, 0.2) is 0 Å². The molecule has 1 aliphatic rings. The average molecular weight is 371 g/mol. The Balaban J connectivity index is 1.59. The van der Waals surface area contributed by atoms with E-state index in [0.29, 0.717) is 6.04 Å². The van der Waals surface area contributed by atoms with Crippen molar-refractivity contribution in [2.45, 2.75) is 46.2 Å². The SMILES string of the molecule is Cc1ccc(-n2cc(CN3CCN(CCC(C)C)[C@H](CCO)C3)cn2)cc1. The van der Waals surface area contributed by atoms with Gasteiger partial charge in [0.25, 0.3) is 0 Å². The zero-order valence-electron chi connectivity index (χ0n) is 17.0. The van der Waals surface area contributed by atoms with E-state index >= 15 is 0 Å². The molecule has 0 aliphatic carbocycles. The lowest BCUT2D eigenvalue weighted by atomic mass is 10.1. The lowest BCUT2D eigenvalue weighted by molar-refractivity contribution is 0.0524. The number of aliphatic hydroxyl groups excluding tert-OH is 1. The van der Waals surface area contributed by atoms with Gasteiger partial charge in [-0.05, 0) is 44.4 Å². The third kappa shape index (κ3) is 5.64. The molecule has 0 amide bonds. The Kier molecular flexibility index (Phi) is 7.05. The summed E-state index contributed by atoms with van der Waals surface area (Å²) in [4.78, 5) is 5.07.